The molecule has 0 bridgehead atoms. The highest BCUT2D eigenvalue weighted by Gasteiger charge is 2.23. The largest absolute Gasteiger partial charge is 0.368 e. The second-order valence-corrected chi connectivity index (χ2v) is 5.21. The second-order valence-electron chi connectivity index (χ2n) is 4.45. The Morgan fingerprint density at radius 1 is 1.24 bits per heavy atom. The fourth-order valence-corrected chi connectivity index (χ4v) is 2.31. The van der Waals surface area contributed by atoms with Gasteiger partial charge in [-0.2, -0.15) is 0 Å². The zero-order valence-corrected chi connectivity index (χ0v) is 12.7. The molecule has 0 saturated heterocycles. The van der Waals surface area contributed by atoms with Crippen LogP contribution in [0.4, 0.5) is 0 Å². The number of hydrogen-bond acceptors (Lipinski definition) is 2. The number of halogens is 2. The first-order valence-corrected chi connectivity index (χ1v) is 6.83. The van der Waals surface area contributed by atoms with E-state index in [2.05, 4.69) is 5.32 Å². The Hall–Kier alpha value is -1.98. The number of nitrogens with one attached hydrogen (secondary N) is 1. The minimum Gasteiger partial charge on any atom is -0.368 e. The van der Waals surface area contributed by atoms with Crippen molar-refractivity contribution in [2.75, 3.05) is 0 Å². The number of hydrogen-bond donors (Lipinski definition) is 2. The van der Waals surface area contributed by atoms with Crippen LogP contribution in [0.3, 0.4) is 0 Å². The Labute approximate surface area is 131 Å². The molecule has 2 amide bonds. The summed E-state index contributed by atoms with van der Waals surface area (Å²) in [6, 6.07) is 9.25. The molecule has 0 radical (unpaired) electrons. The molecule has 0 aliphatic rings. The van der Waals surface area contributed by atoms with E-state index in [0.717, 1.165) is 0 Å². The van der Waals surface area contributed by atoms with Crippen LogP contribution in [0.1, 0.15) is 22.1 Å². The number of amides is 2. The summed E-state index contributed by atoms with van der Waals surface area (Å²) in [6.45, 7) is 0. The smallest absolute Gasteiger partial charge is 0.268 e. The van der Waals surface area contributed by atoms with Crippen molar-refractivity contribution in [3.05, 3.63) is 57.8 Å². The van der Waals surface area contributed by atoms with E-state index in [0.29, 0.717) is 5.56 Å². The summed E-state index contributed by atoms with van der Waals surface area (Å²) >= 11 is 11.8. The quantitative estimate of drug-likeness (QED) is 0.904. The SMILES string of the molecule is Cn1c(C(=O)NC(C(N)=O)c2ccccc2)cc(Cl)c1Cl. The zero-order valence-electron chi connectivity index (χ0n) is 11.1. The van der Waals surface area contributed by atoms with Crippen molar-refractivity contribution in [2.24, 2.45) is 12.8 Å². The number of benzene rings is 1. The average molecular weight is 326 g/mol. The van der Waals surface area contributed by atoms with Crippen molar-refractivity contribution in [1.82, 2.24) is 9.88 Å². The van der Waals surface area contributed by atoms with Crippen molar-refractivity contribution in [1.29, 1.82) is 0 Å². The highest BCUT2D eigenvalue weighted by atomic mass is 35.5. The molecule has 2 rings (SSSR count). The maximum atomic E-state index is 12.3. The molecule has 0 saturated carbocycles. The van der Waals surface area contributed by atoms with Crippen LogP contribution in [-0.4, -0.2) is 16.4 Å². The Morgan fingerprint density at radius 2 is 1.86 bits per heavy atom. The third kappa shape index (κ3) is 3.20. The molecule has 1 aromatic carbocycles. The summed E-state index contributed by atoms with van der Waals surface area (Å²) in [7, 11) is 1.60. The molecule has 0 aliphatic carbocycles. The first-order chi connectivity index (χ1) is 9.91. The van der Waals surface area contributed by atoms with Gasteiger partial charge in [0.25, 0.3) is 5.91 Å². The monoisotopic (exact) mass is 325 g/mol. The molecule has 0 spiro atoms. The molecule has 1 heterocycles. The summed E-state index contributed by atoms with van der Waals surface area (Å²) in [6.07, 6.45) is 0. The van der Waals surface area contributed by atoms with Crippen LogP contribution in [0.15, 0.2) is 36.4 Å². The van der Waals surface area contributed by atoms with Gasteiger partial charge in [-0.05, 0) is 11.6 Å². The van der Waals surface area contributed by atoms with E-state index in [4.69, 9.17) is 28.9 Å². The first kappa shape index (κ1) is 15.4. The fraction of sp³-hybridized carbons (Fsp3) is 0.143. The Morgan fingerprint density at radius 3 is 2.33 bits per heavy atom. The van der Waals surface area contributed by atoms with Gasteiger partial charge in [0.1, 0.15) is 16.9 Å². The number of carbonyl (C=O) groups excluding carboxylic acids is 2. The van der Waals surface area contributed by atoms with Crippen LogP contribution in [0.5, 0.6) is 0 Å². The number of nitrogens with two attached hydrogens (primary N) is 1. The Kier molecular flexibility index (Phi) is 4.55. The number of rotatable bonds is 4. The zero-order chi connectivity index (χ0) is 15.6. The van der Waals surface area contributed by atoms with Gasteiger partial charge >= 0.3 is 0 Å². The molecule has 0 aliphatic heterocycles. The molecule has 110 valence electrons. The van der Waals surface area contributed by atoms with Gasteiger partial charge in [0, 0.05) is 7.05 Å². The molecule has 0 fully saturated rings. The molecular formula is C14H13Cl2N3O2. The lowest BCUT2D eigenvalue weighted by Crippen LogP contribution is -2.38. The van der Waals surface area contributed by atoms with Gasteiger partial charge in [0.15, 0.2) is 0 Å². The van der Waals surface area contributed by atoms with E-state index in [-0.39, 0.29) is 15.9 Å². The van der Waals surface area contributed by atoms with Crippen LogP contribution >= 0.6 is 23.2 Å². The van der Waals surface area contributed by atoms with Gasteiger partial charge in [-0.1, -0.05) is 53.5 Å². The third-order valence-corrected chi connectivity index (χ3v) is 3.88. The fourth-order valence-electron chi connectivity index (χ4n) is 1.93. The van der Waals surface area contributed by atoms with Crippen LogP contribution in [0.25, 0.3) is 0 Å². The summed E-state index contributed by atoms with van der Waals surface area (Å²) in [4.78, 5) is 23.8. The van der Waals surface area contributed by atoms with Crippen LogP contribution < -0.4 is 11.1 Å². The molecule has 21 heavy (non-hydrogen) atoms. The van der Waals surface area contributed by atoms with E-state index >= 15 is 0 Å². The highest BCUT2D eigenvalue weighted by Crippen LogP contribution is 2.25. The average Bonchev–Trinajstić information content (AvgIpc) is 2.73. The lowest BCUT2D eigenvalue weighted by molar-refractivity contribution is -0.120. The molecule has 5 nitrogen and oxygen atoms in total. The lowest BCUT2D eigenvalue weighted by atomic mass is 10.1. The van der Waals surface area contributed by atoms with Gasteiger partial charge in [-0.15, -0.1) is 0 Å². The molecule has 1 unspecified atom stereocenters. The predicted molar refractivity (Wildman–Crippen MR) is 81.3 cm³/mol. The Bertz CT molecular complexity index is 683. The topological polar surface area (TPSA) is 77.1 Å². The normalized spacial score (nSPS) is 12.0. The van der Waals surface area contributed by atoms with Crippen molar-refractivity contribution >= 4 is 35.0 Å². The summed E-state index contributed by atoms with van der Waals surface area (Å²) < 4.78 is 1.43. The highest BCUT2D eigenvalue weighted by molar-refractivity contribution is 6.41. The van der Waals surface area contributed by atoms with Gasteiger partial charge in [-0.3, -0.25) is 9.59 Å². The van der Waals surface area contributed by atoms with Crippen LogP contribution in [0, 0.1) is 0 Å². The maximum absolute atomic E-state index is 12.3. The van der Waals surface area contributed by atoms with E-state index in [1.54, 1.807) is 37.4 Å². The minimum atomic E-state index is -0.925. The predicted octanol–water partition coefficient (Wildman–Crippen LogP) is 2.29. The van der Waals surface area contributed by atoms with Gasteiger partial charge in [-0.25, -0.2) is 0 Å². The number of aromatic nitrogens is 1. The van der Waals surface area contributed by atoms with E-state index < -0.39 is 17.9 Å². The first-order valence-electron chi connectivity index (χ1n) is 6.07. The van der Waals surface area contributed by atoms with E-state index in [1.807, 2.05) is 0 Å². The molecule has 3 N–H and O–H groups in total. The summed E-state index contributed by atoms with van der Waals surface area (Å²) in [5.41, 5.74) is 6.20. The van der Waals surface area contributed by atoms with Crippen LogP contribution in [0.2, 0.25) is 10.2 Å². The summed E-state index contributed by atoms with van der Waals surface area (Å²) in [5, 5.41) is 3.09. The second kappa shape index (κ2) is 6.20. The number of nitrogens with zero attached hydrogens (tertiary/aromatic N) is 1. The van der Waals surface area contributed by atoms with Crippen molar-refractivity contribution < 1.29 is 9.59 Å². The van der Waals surface area contributed by atoms with Gasteiger partial charge in [0.05, 0.1) is 5.02 Å². The van der Waals surface area contributed by atoms with Gasteiger partial charge < -0.3 is 15.6 Å². The van der Waals surface area contributed by atoms with E-state index in [1.165, 1.54) is 10.6 Å². The molecule has 1 aromatic heterocycles. The van der Waals surface area contributed by atoms with Crippen LogP contribution in [-0.2, 0) is 11.8 Å². The van der Waals surface area contributed by atoms with Gasteiger partial charge in [0.2, 0.25) is 5.91 Å². The number of primary amides is 1. The summed E-state index contributed by atoms with van der Waals surface area (Å²) in [5.74, 6) is -1.14. The molecular weight excluding hydrogens is 313 g/mol. The van der Waals surface area contributed by atoms with E-state index in [9.17, 15) is 9.59 Å². The molecule has 2 aromatic rings. The number of carbonyl (C=O) groups is 2. The molecule has 7 heteroatoms. The minimum absolute atomic E-state index is 0.243. The standard InChI is InChI=1S/C14H13Cl2N3O2/c1-19-10(7-9(15)12(19)16)14(21)18-11(13(17)20)8-5-3-2-4-6-8/h2-7,11H,1H3,(H2,17,20)(H,18,21). The van der Waals surface area contributed by atoms with Crippen molar-refractivity contribution in [3.8, 4) is 0 Å². The maximum Gasteiger partial charge on any atom is 0.268 e. The van der Waals surface area contributed by atoms with Crippen molar-refractivity contribution in [3.63, 3.8) is 0 Å². The lowest BCUT2D eigenvalue weighted by Gasteiger charge is -2.16. The van der Waals surface area contributed by atoms with Crippen molar-refractivity contribution in [2.45, 2.75) is 6.04 Å². The Balaban J connectivity index is 2.27. The third-order valence-electron chi connectivity index (χ3n) is 3.04. The molecule has 1 atom stereocenters.